The van der Waals surface area contributed by atoms with Gasteiger partial charge in [-0.25, -0.2) is 0 Å². The highest BCUT2D eigenvalue weighted by atomic mass is 15.2. The second kappa shape index (κ2) is 9.12. The van der Waals surface area contributed by atoms with Crippen molar-refractivity contribution in [1.29, 1.82) is 0 Å². The first-order valence-electron chi connectivity index (χ1n) is 15.9. The number of nitrogens with zero attached hydrogens (tertiary/aromatic N) is 1. The molecule has 1 spiro atoms. The van der Waals surface area contributed by atoms with E-state index in [1.807, 2.05) is 6.07 Å². The molecular weight excluding hydrogens is 546 g/mol. The molecule has 0 radical (unpaired) electrons. The van der Waals surface area contributed by atoms with Gasteiger partial charge in [-0.1, -0.05) is 111 Å². The summed E-state index contributed by atoms with van der Waals surface area (Å²) in [6, 6.07) is 46.8. The van der Waals surface area contributed by atoms with Crippen LogP contribution in [0.5, 0.6) is 0 Å². The standard InChI is InChI=1S/C42H35N3/c1-41(2)33-15-7-9-17-37(33)45(38-18-10-8-16-34(38)41)28-23-21-26-19-20-27-22-24-36(43)40(44)39(27)42(35(26)25-28)31-13-5-3-11-29(31)30-12-4-6-14-32(30)42/h3-18,21-25H,19-20,43-44H2,1-2H3. The van der Waals surface area contributed by atoms with Gasteiger partial charge < -0.3 is 16.4 Å². The van der Waals surface area contributed by atoms with Crippen molar-refractivity contribution in [2.24, 2.45) is 0 Å². The van der Waals surface area contributed by atoms with E-state index in [0.717, 1.165) is 24.1 Å². The fraction of sp³-hybridized carbons (Fsp3) is 0.143. The maximum atomic E-state index is 7.10. The summed E-state index contributed by atoms with van der Waals surface area (Å²) in [5, 5.41) is 0. The van der Waals surface area contributed by atoms with Crippen molar-refractivity contribution < 1.29 is 0 Å². The van der Waals surface area contributed by atoms with Gasteiger partial charge in [0, 0.05) is 11.1 Å². The van der Waals surface area contributed by atoms with Crippen LogP contribution in [0.25, 0.3) is 11.1 Å². The number of hydrogen-bond acceptors (Lipinski definition) is 3. The molecule has 0 fully saturated rings. The molecule has 6 aromatic carbocycles. The number of anilines is 5. The molecule has 0 saturated heterocycles. The van der Waals surface area contributed by atoms with Gasteiger partial charge >= 0.3 is 0 Å². The number of hydrogen-bond donors (Lipinski definition) is 2. The molecule has 0 saturated carbocycles. The Balaban J connectivity index is 1.41. The lowest BCUT2D eigenvalue weighted by Crippen LogP contribution is -2.32. The van der Waals surface area contributed by atoms with E-state index in [0.29, 0.717) is 11.4 Å². The Morgan fingerprint density at radius 1 is 0.533 bits per heavy atom. The fourth-order valence-corrected chi connectivity index (χ4v) is 8.75. The van der Waals surface area contributed by atoms with Crippen LogP contribution in [0.3, 0.4) is 0 Å². The first-order chi connectivity index (χ1) is 21.9. The third-order valence-electron chi connectivity index (χ3n) is 10.7. The zero-order valence-electron chi connectivity index (χ0n) is 25.6. The number of rotatable bonds is 1. The van der Waals surface area contributed by atoms with Gasteiger partial charge in [0.25, 0.3) is 0 Å². The average Bonchev–Trinajstić information content (AvgIpc) is 3.27. The molecule has 45 heavy (non-hydrogen) atoms. The Kier molecular flexibility index (Phi) is 5.30. The summed E-state index contributed by atoms with van der Waals surface area (Å²) in [5.41, 5.74) is 30.7. The Hall–Kier alpha value is -5.28. The van der Waals surface area contributed by atoms with Crippen molar-refractivity contribution in [3.05, 3.63) is 172 Å². The Morgan fingerprint density at radius 2 is 1.04 bits per heavy atom. The Bertz CT molecular complexity index is 2090. The molecule has 6 aromatic rings. The van der Waals surface area contributed by atoms with Gasteiger partial charge in [-0.05, 0) is 98.8 Å². The van der Waals surface area contributed by atoms with Crippen molar-refractivity contribution in [2.75, 3.05) is 16.4 Å². The highest BCUT2D eigenvalue weighted by Gasteiger charge is 2.50. The molecule has 9 rings (SSSR count). The predicted octanol–water partition coefficient (Wildman–Crippen LogP) is 9.42. The molecule has 1 heterocycles. The zero-order chi connectivity index (χ0) is 30.5. The number of nitrogens with two attached hydrogens (primary N) is 2. The van der Waals surface area contributed by atoms with Crippen LogP contribution in [0, 0.1) is 0 Å². The summed E-state index contributed by atoms with van der Waals surface area (Å²) in [4.78, 5) is 2.46. The summed E-state index contributed by atoms with van der Waals surface area (Å²) in [7, 11) is 0. The lowest BCUT2D eigenvalue weighted by atomic mass is 9.65. The van der Waals surface area contributed by atoms with Crippen molar-refractivity contribution in [3.8, 4) is 11.1 Å². The van der Waals surface area contributed by atoms with Gasteiger partial charge in [0.2, 0.25) is 0 Å². The molecular formula is C42H35N3. The molecule has 0 unspecified atom stereocenters. The lowest BCUT2D eigenvalue weighted by molar-refractivity contribution is 0.632. The molecule has 0 bridgehead atoms. The molecule has 1 aliphatic heterocycles. The molecule has 3 nitrogen and oxygen atoms in total. The molecule has 3 heteroatoms. The number of fused-ring (bicyclic) bond motifs is 11. The minimum absolute atomic E-state index is 0.120. The van der Waals surface area contributed by atoms with Gasteiger partial charge in [-0.3, -0.25) is 0 Å². The molecule has 0 amide bonds. The van der Waals surface area contributed by atoms with Gasteiger partial charge in [0.15, 0.2) is 0 Å². The topological polar surface area (TPSA) is 55.3 Å². The van der Waals surface area contributed by atoms with E-state index in [1.165, 1.54) is 61.4 Å². The minimum atomic E-state index is -0.599. The van der Waals surface area contributed by atoms with Crippen molar-refractivity contribution in [2.45, 2.75) is 37.5 Å². The van der Waals surface area contributed by atoms with Crippen LogP contribution in [0.2, 0.25) is 0 Å². The summed E-state index contributed by atoms with van der Waals surface area (Å²) >= 11 is 0. The van der Waals surface area contributed by atoms with Gasteiger partial charge in [-0.15, -0.1) is 0 Å². The second-order valence-electron chi connectivity index (χ2n) is 13.3. The second-order valence-corrected chi connectivity index (χ2v) is 13.3. The third kappa shape index (κ3) is 3.30. The SMILES string of the molecule is CC1(C)c2ccccc2N(c2ccc3c(c2)C2(c4ccccc4-c4ccccc42)c2c(ccc(N)c2N)CC3)c2ccccc21. The average molecular weight is 582 g/mol. The number of para-hydroxylation sites is 2. The normalized spacial score (nSPS) is 16.1. The third-order valence-corrected chi connectivity index (χ3v) is 10.7. The summed E-state index contributed by atoms with van der Waals surface area (Å²) in [6.07, 6.45) is 1.83. The fourth-order valence-electron chi connectivity index (χ4n) is 8.75. The van der Waals surface area contributed by atoms with Gasteiger partial charge in [-0.2, -0.15) is 0 Å². The van der Waals surface area contributed by atoms with Crippen LogP contribution < -0.4 is 16.4 Å². The number of nitrogen functional groups attached to an aromatic ring is 2. The van der Waals surface area contributed by atoms with Crippen LogP contribution in [-0.2, 0) is 23.7 Å². The number of aryl methyl sites for hydroxylation is 2. The molecule has 4 N–H and O–H groups in total. The maximum Gasteiger partial charge on any atom is 0.0740 e. The molecule has 3 aliphatic rings. The van der Waals surface area contributed by atoms with Crippen LogP contribution >= 0.6 is 0 Å². The first-order valence-corrected chi connectivity index (χ1v) is 15.9. The summed E-state index contributed by atoms with van der Waals surface area (Å²) in [5.74, 6) is 0. The molecule has 2 aliphatic carbocycles. The van der Waals surface area contributed by atoms with E-state index in [2.05, 4.69) is 140 Å². The smallest absolute Gasteiger partial charge is 0.0740 e. The Labute approximate surface area is 264 Å². The predicted molar refractivity (Wildman–Crippen MR) is 187 cm³/mol. The van der Waals surface area contributed by atoms with Crippen LogP contribution in [0.1, 0.15) is 58.4 Å². The van der Waals surface area contributed by atoms with Gasteiger partial charge in [0.1, 0.15) is 0 Å². The monoisotopic (exact) mass is 581 g/mol. The number of benzene rings is 6. The van der Waals surface area contributed by atoms with Crippen LogP contribution in [0.4, 0.5) is 28.4 Å². The quantitative estimate of drug-likeness (QED) is 0.190. The Morgan fingerprint density at radius 3 is 1.67 bits per heavy atom. The molecule has 218 valence electrons. The van der Waals surface area contributed by atoms with Gasteiger partial charge in [0.05, 0.1) is 28.2 Å². The van der Waals surface area contributed by atoms with E-state index < -0.39 is 5.41 Å². The maximum absolute atomic E-state index is 7.10. The minimum Gasteiger partial charge on any atom is -0.397 e. The highest BCUT2D eigenvalue weighted by molar-refractivity contribution is 5.92. The van der Waals surface area contributed by atoms with E-state index >= 15 is 0 Å². The van der Waals surface area contributed by atoms with E-state index in [1.54, 1.807) is 0 Å². The zero-order valence-corrected chi connectivity index (χ0v) is 25.6. The lowest BCUT2D eigenvalue weighted by Gasteiger charge is -2.42. The first kappa shape index (κ1) is 26.2. The molecule has 0 aromatic heterocycles. The summed E-state index contributed by atoms with van der Waals surface area (Å²) in [6.45, 7) is 4.68. The van der Waals surface area contributed by atoms with E-state index in [9.17, 15) is 0 Å². The van der Waals surface area contributed by atoms with Crippen molar-refractivity contribution in [1.82, 2.24) is 0 Å². The van der Waals surface area contributed by atoms with Crippen molar-refractivity contribution in [3.63, 3.8) is 0 Å². The largest absolute Gasteiger partial charge is 0.397 e. The van der Waals surface area contributed by atoms with Crippen molar-refractivity contribution >= 4 is 28.4 Å². The molecule has 0 atom stereocenters. The van der Waals surface area contributed by atoms with E-state index in [-0.39, 0.29) is 5.41 Å². The summed E-state index contributed by atoms with van der Waals surface area (Å²) < 4.78 is 0. The van der Waals surface area contributed by atoms with Crippen LogP contribution in [-0.4, -0.2) is 0 Å². The van der Waals surface area contributed by atoms with E-state index in [4.69, 9.17) is 11.5 Å². The highest BCUT2D eigenvalue weighted by Crippen LogP contribution is 2.61. The van der Waals surface area contributed by atoms with Crippen LogP contribution in [0.15, 0.2) is 127 Å².